The molecule has 5 heteroatoms. The number of nitrogens with one attached hydrogen (secondary N) is 1. The molecule has 0 spiro atoms. The van der Waals surface area contributed by atoms with Crippen LogP contribution in [0, 0.1) is 5.41 Å². The number of unbranched alkanes of at least 4 members (excludes halogenated alkanes) is 1. The van der Waals surface area contributed by atoms with E-state index < -0.39 is 12.8 Å². The number of hydrogen-bond donors (Lipinski definition) is 1. The fourth-order valence-corrected chi connectivity index (χ4v) is 2.60. The summed E-state index contributed by atoms with van der Waals surface area (Å²) in [6.45, 7) is 7.51. The highest BCUT2D eigenvalue weighted by molar-refractivity contribution is 4.80. The van der Waals surface area contributed by atoms with Crippen molar-refractivity contribution in [2.45, 2.75) is 71.9 Å². The first kappa shape index (κ1) is 20.7. The van der Waals surface area contributed by atoms with Gasteiger partial charge in [-0.25, -0.2) is 0 Å². The van der Waals surface area contributed by atoms with Crippen molar-refractivity contribution in [1.29, 1.82) is 0 Å². The van der Waals surface area contributed by atoms with Gasteiger partial charge in [-0.2, -0.15) is 13.2 Å². The molecule has 0 aliphatic carbocycles. The second-order valence-corrected chi connectivity index (χ2v) is 5.91. The largest absolute Gasteiger partial charge is 0.411 e. The second-order valence-electron chi connectivity index (χ2n) is 5.91. The molecule has 0 aromatic heterocycles. The molecule has 0 saturated heterocycles. The highest BCUT2D eigenvalue weighted by atomic mass is 19.4. The molecule has 0 aliphatic heterocycles. The highest BCUT2D eigenvalue weighted by Gasteiger charge is 2.29. The van der Waals surface area contributed by atoms with Crippen molar-refractivity contribution >= 4 is 0 Å². The fourth-order valence-electron chi connectivity index (χ4n) is 2.60. The molecule has 21 heavy (non-hydrogen) atoms. The van der Waals surface area contributed by atoms with E-state index in [1.165, 1.54) is 6.42 Å². The monoisotopic (exact) mass is 311 g/mol. The third kappa shape index (κ3) is 11.0. The minimum atomic E-state index is -4.22. The predicted molar refractivity (Wildman–Crippen MR) is 81.5 cm³/mol. The lowest BCUT2D eigenvalue weighted by atomic mass is 9.76. The Morgan fingerprint density at radius 2 is 1.62 bits per heavy atom. The molecule has 0 rings (SSSR count). The van der Waals surface area contributed by atoms with Crippen LogP contribution >= 0.6 is 0 Å². The van der Waals surface area contributed by atoms with Gasteiger partial charge in [0.2, 0.25) is 0 Å². The molecular weight excluding hydrogens is 279 g/mol. The summed E-state index contributed by atoms with van der Waals surface area (Å²) >= 11 is 0. The van der Waals surface area contributed by atoms with Gasteiger partial charge in [-0.15, -0.1) is 0 Å². The van der Waals surface area contributed by atoms with Crippen molar-refractivity contribution in [2.24, 2.45) is 5.41 Å². The fraction of sp³-hybridized carbons (Fsp3) is 1.00. The van der Waals surface area contributed by atoms with Crippen LogP contribution < -0.4 is 5.32 Å². The minimum absolute atomic E-state index is 0.196. The first-order valence-corrected chi connectivity index (χ1v) is 8.24. The Morgan fingerprint density at radius 3 is 2.14 bits per heavy atom. The first-order valence-electron chi connectivity index (χ1n) is 8.24. The number of ether oxygens (including phenoxy) is 1. The van der Waals surface area contributed by atoms with Gasteiger partial charge in [-0.05, 0) is 44.1 Å². The molecule has 0 heterocycles. The van der Waals surface area contributed by atoms with E-state index in [-0.39, 0.29) is 12.0 Å². The lowest BCUT2D eigenvalue weighted by molar-refractivity contribution is -0.174. The quantitative estimate of drug-likeness (QED) is 0.487. The molecule has 0 amide bonds. The van der Waals surface area contributed by atoms with Crippen LogP contribution in [0.1, 0.15) is 65.7 Å². The van der Waals surface area contributed by atoms with E-state index in [2.05, 4.69) is 26.1 Å². The van der Waals surface area contributed by atoms with Gasteiger partial charge in [0.15, 0.2) is 0 Å². The Morgan fingerprint density at radius 1 is 0.952 bits per heavy atom. The molecule has 128 valence electrons. The van der Waals surface area contributed by atoms with Crippen LogP contribution in [0.5, 0.6) is 0 Å². The van der Waals surface area contributed by atoms with Gasteiger partial charge in [-0.1, -0.05) is 33.6 Å². The van der Waals surface area contributed by atoms with E-state index in [0.29, 0.717) is 6.42 Å². The molecule has 1 unspecified atom stereocenters. The van der Waals surface area contributed by atoms with Crippen molar-refractivity contribution in [2.75, 3.05) is 26.3 Å². The van der Waals surface area contributed by atoms with Gasteiger partial charge in [0.05, 0.1) is 0 Å². The Kier molecular flexibility index (Phi) is 11.1. The third-order valence-electron chi connectivity index (χ3n) is 4.00. The Labute approximate surface area is 127 Å². The third-order valence-corrected chi connectivity index (χ3v) is 4.00. The summed E-state index contributed by atoms with van der Waals surface area (Å²) in [5.41, 5.74) is 0.201. The van der Waals surface area contributed by atoms with Crippen LogP contribution in [-0.4, -0.2) is 32.5 Å². The smallest absolute Gasteiger partial charge is 0.372 e. The zero-order valence-corrected chi connectivity index (χ0v) is 13.8. The average molecular weight is 311 g/mol. The van der Waals surface area contributed by atoms with E-state index in [4.69, 9.17) is 4.74 Å². The summed E-state index contributed by atoms with van der Waals surface area (Å²) in [7, 11) is 0. The van der Waals surface area contributed by atoms with Crippen molar-refractivity contribution in [3.63, 3.8) is 0 Å². The number of rotatable bonds is 13. The van der Waals surface area contributed by atoms with Crippen molar-refractivity contribution < 1.29 is 17.9 Å². The normalized spacial score (nSPS) is 15.1. The van der Waals surface area contributed by atoms with E-state index in [1.807, 2.05) is 0 Å². The zero-order chi connectivity index (χ0) is 16.2. The van der Waals surface area contributed by atoms with E-state index >= 15 is 0 Å². The maximum atomic E-state index is 12.0. The van der Waals surface area contributed by atoms with Crippen molar-refractivity contribution in [1.82, 2.24) is 5.32 Å². The molecule has 0 saturated carbocycles. The summed E-state index contributed by atoms with van der Waals surface area (Å²) in [5.74, 6) is 0. The second kappa shape index (κ2) is 11.3. The molecule has 0 bridgehead atoms. The first-order chi connectivity index (χ1) is 9.89. The number of halogens is 3. The van der Waals surface area contributed by atoms with Gasteiger partial charge in [0.1, 0.15) is 6.61 Å². The van der Waals surface area contributed by atoms with Crippen LogP contribution in [0.2, 0.25) is 0 Å². The molecule has 0 radical (unpaired) electrons. The molecule has 0 aromatic carbocycles. The summed E-state index contributed by atoms with van der Waals surface area (Å²) in [6, 6.07) is 0. The summed E-state index contributed by atoms with van der Waals surface area (Å²) in [6.07, 6.45) is 3.03. The topological polar surface area (TPSA) is 21.3 Å². The lowest BCUT2D eigenvalue weighted by Crippen LogP contribution is -2.35. The van der Waals surface area contributed by atoms with E-state index in [1.54, 1.807) is 0 Å². The summed E-state index contributed by atoms with van der Waals surface area (Å²) < 4.78 is 40.8. The van der Waals surface area contributed by atoms with Gasteiger partial charge in [0.25, 0.3) is 0 Å². The lowest BCUT2D eigenvalue weighted by Gasteiger charge is -2.33. The molecule has 2 nitrogen and oxygen atoms in total. The van der Waals surface area contributed by atoms with Gasteiger partial charge < -0.3 is 10.1 Å². The van der Waals surface area contributed by atoms with Gasteiger partial charge in [0, 0.05) is 13.2 Å². The number of hydrogen-bond acceptors (Lipinski definition) is 2. The SMILES string of the molecule is CCCCC(CC)(CCCOCC(F)(F)F)CNCCC. The van der Waals surface area contributed by atoms with E-state index in [9.17, 15) is 13.2 Å². The molecule has 1 N–H and O–H groups in total. The Balaban J connectivity index is 4.18. The standard InChI is InChI=1S/C16H32F3NO/c1-4-7-9-15(6-3,13-20-11-5-2)10-8-12-21-14-16(17,18)19/h20H,4-14H2,1-3H3. The van der Waals surface area contributed by atoms with Crippen LogP contribution in [0.25, 0.3) is 0 Å². The Bertz CT molecular complexity index is 246. The summed E-state index contributed by atoms with van der Waals surface area (Å²) in [5, 5.41) is 3.48. The molecule has 1 atom stereocenters. The van der Waals surface area contributed by atoms with Crippen molar-refractivity contribution in [3.8, 4) is 0 Å². The molecule has 0 aromatic rings. The maximum Gasteiger partial charge on any atom is 0.411 e. The van der Waals surface area contributed by atoms with Crippen LogP contribution in [0.4, 0.5) is 13.2 Å². The zero-order valence-electron chi connectivity index (χ0n) is 13.8. The maximum absolute atomic E-state index is 12.0. The Hall–Kier alpha value is -0.290. The molecule has 0 aliphatic rings. The molecule has 0 fully saturated rings. The highest BCUT2D eigenvalue weighted by Crippen LogP contribution is 2.33. The molecular formula is C16H32F3NO. The van der Waals surface area contributed by atoms with Crippen LogP contribution in [0.3, 0.4) is 0 Å². The van der Waals surface area contributed by atoms with Gasteiger partial charge >= 0.3 is 6.18 Å². The average Bonchev–Trinajstić information content (AvgIpc) is 2.43. The number of alkyl halides is 3. The summed E-state index contributed by atoms with van der Waals surface area (Å²) in [4.78, 5) is 0. The predicted octanol–water partition coefficient (Wildman–Crippen LogP) is 4.93. The van der Waals surface area contributed by atoms with Crippen LogP contribution in [-0.2, 0) is 4.74 Å². The minimum Gasteiger partial charge on any atom is -0.372 e. The van der Waals surface area contributed by atoms with Crippen molar-refractivity contribution in [3.05, 3.63) is 0 Å². The van der Waals surface area contributed by atoms with Crippen LogP contribution in [0.15, 0.2) is 0 Å². The van der Waals surface area contributed by atoms with E-state index in [0.717, 1.165) is 45.2 Å². The van der Waals surface area contributed by atoms with Gasteiger partial charge in [-0.3, -0.25) is 0 Å².